The zero-order valence-corrected chi connectivity index (χ0v) is 24.8. The predicted molar refractivity (Wildman–Crippen MR) is 161 cm³/mol. The van der Waals surface area contributed by atoms with Crippen LogP contribution in [-0.4, -0.2) is 36.4 Å². The SMILES string of the molecule is COc1ccc(NS(=O)(=O)c2ccc(NC(=O)CN(c3ccc(C)c(Cl)c3)S(=O)(=O)c3ccc(C)cc3)cc2)cc1. The van der Waals surface area contributed by atoms with E-state index in [1.54, 1.807) is 55.5 Å². The largest absolute Gasteiger partial charge is 0.497 e. The van der Waals surface area contributed by atoms with Gasteiger partial charge >= 0.3 is 0 Å². The number of benzene rings is 4. The van der Waals surface area contributed by atoms with E-state index in [1.807, 2.05) is 6.92 Å². The number of amides is 1. The third-order valence-electron chi connectivity index (χ3n) is 6.13. The smallest absolute Gasteiger partial charge is 0.264 e. The van der Waals surface area contributed by atoms with Crippen LogP contribution in [0.2, 0.25) is 5.02 Å². The molecule has 0 aliphatic carbocycles. The summed E-state index contributed by atoms with van der Waals surface area (Å²) in [5.74, 6) is -0.0481. The van der Waals surface area contributed by atoms with Crippen molar-refractivity contribution in [2.24, 2.45) is 0 Å². The number of carbonyl (C=O) groups excluding carboxylic acids is 1. The number of sulfonamides is 2. The van der Waals surface area contributed by atoms with Gasteiger partial charge < -0.3 is 10.1 Å². The molecule has 0 saturated carbocycles. The highest BCUT2D eigenvalue weighted by atomic mass is 35.5. The number of anilines is 3. The fourth-order valence-electron chi connectivity index (χ4n) is 3.81. The Hall–Kier alpha value is -4.06. The van der Waals surface area contributed by atoms with E-state index in [-0.39, 0.29) is 21.2 Å². The van der Waals surface area contributed by atoms with Crippen LogP contribution in [0.15, 0.2) is 101 Å². The van der Waals surface area contributed by atoms with Gasteiger partial charge in [0.25, 0.3) is 20.0 Å². The van der Waals surface area contributed by atoms with Crippen LogP contribution in [0.3, 0.4) is 0 Å². The van der Waals surface area contributed by atoms with Gasteiger partial charge in [0, 0.05) is 16.4 Å². The standard InChI is InChI=1S/C29H28ClN3O6S2/c1-20-4-14-27(15-5-20)41(37,38)33(24-11-6-21(2)28(30)18-24)19-29(34)31-22-9-16-26(17-10-22)40(35,36)32-23-7-12-25(39-3)13-8-23/h4-18,32H,19H2,1-3H3,(H,31,34). The third kappa shape index (κ3) is 7.18. The minimum absolute atomic E-state index is 0.0199. The summed E-state index contributed by atoms with van der Waals surface area (Å²) in [5, 5.41) is 2.99. The fraction of sp³-hybridized carbons (Fsp3) is 0.138. The first kappa shape index (κ1) is 29.9. The highest BCUT2D eigenvalue weighted by Gasteiger charge is 2.28. The number of halogens is 1. The minimum atomic E-state index is -4.13. The van der Waals surface area contributed by atoms with Crippen molar-refractivity contribution in [2.45, 2.75) is 23.6 Å². The number of carbonyl (C=O) groups is 1. The Morgan fingerprint density at radius 2 is 1.39 bits per heavy atom. The summed E-state index contributed by atoms with van der Waals surface area (Å²) in [7, 11) is -6.52. The molecule has 2 N–H and O–H groups in total. The molecule has 0 heterocycles. The van der Waals surface area contributed by atoms with E-state index in [0.29, 0.717) is 16.5 Å². The lowest BCUT2D eigenvalue weighted by Gasteiger charge is -2.24. The number of nitrogens with one attached hydrogen (secondary N) is 2. The number of rotatable bonds is 10. The molecule has 0 aliphatic rings. The Morgan fingerprint density at radius 1 is 0.805 bits per heavy atom. The normalized spacial score (nSPS) is 11.5. The first-order chi connectivity index (χ1) is 19.4. The molecule has 214 valence electrons. The Balaban J connectivity index is 1.53. The second kappa shape index (κ2) is 12.2. The number of hydrogen-bond donors (Lipinski definition) is 2. The maximum Gasteiger partial charge on any atom is 0.264 e. The second-order valence-electron chi connectivity index (χ2n) is 9.16. The number of hydrogen-bond acceptors (Lipinski definition) is 6. The molecule has 9 nitrogen and oxygen atoms in total. The van der Waals surface area contributed by atoms with Crippen LogP contribution in [0.1, 0.15) is 11.1 Å². The highest BCUT2D eigenvalue weighted by Crippen LogP contribution is 2.28. The van der Waals surface area contributed by atoms with Crippen molar-refractivity contribution in [3.05, 3.63) is 107 Å². The van der Waals surface area contributed by atoms with Crippen LogP contribution in [0.25, 0.3) is 0 Å². The van der Waals surface area contributed by atoms with Gasteiger partial charge in [0.05, 0.1) is 22.6 Å². The van der Waals surface area contributed by atoms with E-state index >= 15 is 0 Å². The molecule has 0 radical (unpaired) electrons. The van der Waals surface area contributed by atoms with E-state index in [2.05, 4.69) is 10.0 Å². The predicted octanol–water partition coefficient (Wildman–Crippen LogP) is 5.60. The lowest BCUT2D eigenvalue weighted by Crippen LogP contribution is -2.38. The highest BCUT2D eigenvalue weighted by molar-refractivity contribution is 7.93. The molecule has 4 aromatic carbocycles. The van der Waals surface area contributed by atoms with Crippen LogP contribution in [0, 0.1) is 13.8 Å². The first-order valence-corrected chi connectivity index (χ1v) is 15.6. The van der Waals surface area contributed by atoms with Gasteiger partial charge in [-0.2, -0.15) is 0 Å². The van der Waals surface area contributed by atoms with Crippen molar-refractivity contribution in [1.29, 1.82) is 0 Å². The Labute approximate surface area is 244 Å². The molecule has 0 atom stereocenters. The molecular weight excluding hydrogens is 586 g/mol. The van der Waals surface area contributed by atoms with E-state index in [1.165, 1.54) is 49.6 Å². The monoisotopic (exact) mass is 613 g/mol. The van der Waals surface area contributed by atoms with Gasteiger partial charge in [-0.25, -0.2) is 16.8 Å². The summed E-state index contributed by atoms with van der Waals surface area (Å²) >= 11 is 6.28. The number of ether oxygens (including phenoxy) is 1. The summed E-state index contributed by atoms with van der Waals surface area (Å²) in [6.07, 6.45) is 0. The lowest BCUT2D eigenvalue weighted by atomic mass is 10.2. The van der Waals surface area contributed by atoms with E-state index < -0.39 is 32.5 Å². The summed E-state index contributed by atoms with van der Waals surface area (Å²) in [6.45, 7) is 3.08. The lowest BCUT2D eigenvalue weighted by molar-refractivity contribution is -0.114. The average Bonchev–Trinajstić information content (AvgIpc) is 2.94. The fourth-order valence-corrected chi connectivity index (χ4v) is 6.46. The van der Waals surface area contributed by atoms with Gasteiger partial charge in [0.1, 0.15) is 12.3 Å². The maximum absolute atomic E-state index is 13.6. The van der Waals surface area contributed by atoms with Gasteiger partial charge in [-0.3, -0.25) is 13.8 Å². The molecular formula is C29H28ClN3O6S2. The van der Waals surface area contributed by atoms with Gasteiger partial charge in [0.15, 0.2) is 0 Å². The third-order valence-corrected chi connectivity index (χ3v) is 9.72. The van der Waals surface area contributed by atoms with Crippen LogP contribution >= 0.6 is 11.6 Å². The van der Waals surface area contributed by atoms with E-state index in [9.17, 15) is 21.6 Å². The molecule has 4 rings (SSSR count). The maximum atomic E-state index is 13.6. The quantitative estimate of drug-likeness (QED) is 0.240. The van der Waals surface area contributed by atoms with Crippen molar-refractivity contribution >= 4 is 54.6 Å². The number of nitrogens with zero attached hydrogens (tertiary/aromatic N) is 1. The van der Waals surface area contributed by atoms with Crippen molar-refractivity contribution in [2.75, 3.05) is 28.0 Å². The molecule has 0 aromatic heterocycles. The first-order valence-electron chi connectivity index (χ1n) is 12.3. The van der Waals surface area contributed by atoms with Crippen molar-refractivity contribution in [1.82, 2.24) is 0 Å². The average molecular weight is 614 g/mol. The van der Waals surface area contributed by atoms with E-state index in [4.69, 9.17) is 16.3 Å². The molecule has 0 bridgehead atoms. The van der Waals surface area contributed by atoms with Crippen LogP contribution < -0.4 is 19.1 Å². The molecule has 41 heavy (non-hydrogen) atoms. The molecule has 4 aromatic rings. The van der Waals surface area contributed by atoms with Crippen molar-refractivity contribution < 1.29 is 26.4 Å². The van der Waals surface area contributed by atoms with Crippen molar-refractivity contribution in [3.63, 3.8) is 0 Å². The summed E-state index contributed by atoms with van der Waals surface area (Å²) in [4.78, 5) is 13.1. The van der Waals surface area contributed by atoms with Crippen LogP contribution in [0.4, 0.5) is 17.1 Å². The number of methoxy groups -OCH3 is 1. The van der Waals surface area contributed by atoms with Gasteiger partial charge in [0.2, 0.25) is 5.91 Å². The molecule has 12 heteroatoms. The number of aryl methyl sites for hydroxylation is 2. The van der Waals surface area contributed by atoms with Crippen LogP contribution in [-0.2, 0) is 24.8 Å². The Kier molecular flexibility index (Phi) is 8.91. The molecule has 0 fully saturated rings. The molecule has 0 saturated heterocycles. The molecule has 0 spiro atoms. The molecule has 1 amide bonds. The Morgan fingerprint density at radius 3 is 1.98 bits per heavy atom. The summed E-state index contributed by atoms with van der Waals surface area (Å²) < 4.78 is 61.3. The Bertz CT molecular complexity index is 1760. The zero-order chi connectivity index (χ0) is 29.8. The molecule has 0 unspecified atom stereocenters. The van der Waals surface area contributed by atoms with Crippen LogP contribution in [0.5, 0.6) is 5.75 Å². The second-order valence-corrected chi connectivity index (χ2v) is 13.1. The van der Waals surface area contributed by atoms with Crippen molar-refractivity contribution in [3.8, 4) is 5.75 Å². The molecule has 0 aliphatic heterocycles. The van der Waals surface area contributed by atoms with Gasteiger partial charge in [-0.05, 0) is 92.2 Å². The van der Waals surface area contributed by atoms with E-state index in [0.717, 1.165) is 15.4 Å². The summed E-state index contributed by atoms with van der Waals surface area (Å²) in [6, 6.07) is 23.0. The van der Waals surface area contributed by atoms with Gasteiger partial charge in [-0.1, -0.05) is 35.4 Å². The topological polar surface area (TPSA) is 122 Å². The minimum Gasteiger partial charge on any atom is -0.497 e. The zero-order valence-electron chi connectivity index (χ0n) is 22.5. The van der Waals surface area contributed by atoms with Gasteiger partial charge in [-0.15, -0.1) is 0 Å². The summed E-state index contributed by atoms with van der Waals surface area (Å²) in [5.41, 5.74) is 2.50.